The van der Waals surface area contributed by atoms with E-state index in [1.165, 1.54) is 0 Å². The molecule has 0 saturated heterocycles. The minimum Gasteiger partial charge on any atom is -0.370 e. The molecule has 0 aliphatic rings. The summed E-state index contributed by atoms with van der Waals surface area (Å²) in [6, 6.07) is 0. The molecule has 0 bridgehead atoms. The van der Waals surface area contributed by atoms with Gasteiger partial charge in [-0.3, -0.25) is 0 Å². The molecule has 0 radical (unpaired) electrons. The van der Waals surface area contributed by atoms with Crippen molar-refractivity contribution in [2.24, 2.45) is 0 Å². The van der Waals surface area contributed by atoms with Crippen molar-refractivity contribution in [3.63, 3.8) is 0 Å². The molecule has 0 aliphatic heterocycles. The topological polar surface area (TPSA) is 62.7 Å². The molecule has 2 N–H and O–H groups in total. The summed E-state index contributed by atoms with van der Waals surface area (Å²) in [4.78, 5) is 13.4. The van der Waals surface area contributed by atoms with Crippen LogP contribution >= 0.6 is 11.3 Å². The third kappa shape index (κ3) is 3.69. The molecule has 5 nitrogen and oxygen atoms in total. The highest BCUT2D eigenvalue weighted by Gasteiger charge is 2.25. The molecule has 0 spiro atoms. The maximum atomic E-state index is 4.55. The highest BCUT2D eigenvalue weighted by atomic mass is 32.1. The predicted octanol–water partition coefficient (Wildman–Crippen LogP) is 3.72. The van der Waals surface area contributed by atoms with Gasteiger partial charge in [-0.15, -0.1) is 11.3 Å². The molecule has 2 aromatic rings. The highest BCUT2D eigenvalue weighted by molar-refractivity contribution is 7.09. The third-order valence-corrected chi connectivity index (χ3v) is 4.29. The van der Waals surface area contributed by atoms with Crippen LogP contribution in [0, 0.1) is 13.8 Å². The number of thiazole rings is 1. The van der Waals surface area contributed by atoms with Crippen LogP contribution in [0.1, 0.15) is 43.6 Å². The van der Waals surface area contributed by atoms with E-state index >= 15 is 0 Å². The van der Waals surface area contributed by atoms with Crippen molar-refractivity contribution in [3.8, 4) is 0 Å². The van der Waals surface area contributed by atoms with Crippen molar-refractivity contribution in [2.45, 2.75) is 46.6 Å². The monoisotopic (exact) mass is 305 g/mol. The first-order valence-electron chi connectivity index (χ1n) is 7.21. The number of hydrogen-bond acceptors (Lipinski definition) is 6. The van der Waals surface area contributed by atoms with Gasteiger partial charge in [0, 0.05) is 23.7 Å². The fourth-order valence-corrected chi connectivity index (χ4v) is 2.77. The molecule has 0 fully saturated rings. The van der Waals surface area contributed by atoms with Crippen molar-refractivity contribution >= 4 is 23.0 Å². The molecule has 0 atom stereocenters. The number of rotatable bonds is 6. The van der Waals surface area contributed by atoms with Crippen LogP contribution in [0.4, 0.5) is 11.6 Å². The number of nitrogens with zero attached hydrogens (tertiary/aromatic N) is 3. The molecule has 2 rings (SSSR count). The zero-order chi connectivity index (χ0) is 15.5. The lowest BCUT2D eigenvalue weighted by atomic mass is 10.1. The smallest absolute Gasteiger partial charge is 0.135 e. The van der Waals surface area contributed by atoms with Gasteiger partial charge in [-0.25, -0.2) is 15.0 Å². The summed E-state index contributed by atoms with van der Waals surface area (Å²) in [5.41, 5.74) is 0.778. The Balaban J connectivity index is 2.29. The Morgan fingerprint density at radius 3 is 2.52 bits per heavy atom. The van der Waals surface area contributed by atoms with Crippen LogP contribution in [0.2, 0.25) is 0 Å². The van der Waals surface area contributed by atoms with Crippen LogP contribution in [0.25, 0.3) is 0 Å². The standard InChI is InChI=1S/C15H23N5S/c1-6-7-16-12-10(2)13(19-11(3)18-12)20-15(4,5)14-17-8-9-21-14/h8-9H,6-7H2,1-5H3,(H2,16,18,19,20). The molecule has 0 unspecified atom stereocenters. The summed E-state index contributed by atoms with van der Waals surface area (Å²) in [7, 11) is 0. The molecule has 21 heavy (non-hydrogen) atoms. The summed E-state index contributed by atoms with van der Waals surface area (Å²) < 4.78 is 0. The van der Waals surface area contributed by atoms with Crippen LogP contribution < -0.4 is 10.6 Å². The van der Waals surface area contributed by atoms with Crippen LogP contribution in [0.3, 0.4) is 0 Å². The van der Waals surface area contributed by atoms with Crippen molar-refractivity contribution in [2.75, 3.05) is 17.2 Å². The predicted molar refractivity (Wildman–Crippen MR) is 89.0 cm³/mol. The first kappa shape index (κ1) is 15.7. The van der Waals surface area contributed by atoms with Crippen LogP contribution in [-0.2, 0) is 5.54 Å². The zero-order valence-electron chi connectivity index (χ0n) is 13.3. The quantitative estimate of drug-likeness (QED) is 0.851. The molecule has 0 aliphatic carbocycles. The molecule has 6 heteroatoms. The molecule has 0 aromatic carbocycles. The van der Waals surface area contributed by atoms with E-state index in [9.17, 15) is 0 Å². The molecule has 114 valence electrons. The molecular formula is C15H23N5S. The Bertz CT molecular complexity index is 592. The lowest BCUT2D eigenvalue weighted by Crippen LogP contribution is -2.29. The van der Waals surface area contributed by atoms with Gasteiger partial charge in [0.15, 0.2) is 0 Å². The molecular weight excluding hydrogens is 282 g/mol. The van der Waals surface area contributed by atoms with Crippen molar-refractivity contribution in [1.82, 2.24) is 15.0 Å². The van der Waals surface area contributed by atoms with Crippen LogP contribution in [-0.4, -0.2) is 21.5 Å². The fraction of sp³-hybridized carbons (Fsp3) is 0.533. The first-order chi connectivity index (χ1) is 9.94. The first-order valence-corrected chi connectivity index (χ1v) is 8.09. The van der Waals surface area contributed by atoms with Gasteiger partial charge >= 0.3 is 0 Å². The third-order valence-electron chi connectivity index (χ3n) is 3.20. The lowest BCUT2D eigenvalue weighted by Gasteiger charge is -2.26. The van der Waals surface area contributed by atoms with E-state index in [1.54, 1.807) is 11.3 Å². The fourth-order valence-electron chi connectivity index (χ4n) is 2.05. The number of nitrogens with one attached hydrogen (secondary N) is 2. The second kappa shape index (κ2) is 6.39. The van der Waals surface area contributed by atoms with Crippen LogP contribution in [0.15, 0.2) is 11.6 Å². The van der Waals surface area contributed by atoms with Gasteiger partial charge in [-0.2, -0.15) is 0 Å². The maximum absolute atomic E-state index is 4.55. The molecule has 0 amide bonds. The second-order valence-electron chi connectivity index (χ2n) is 5.61. The van der Waals surface area contributed by atoms with E-state index in [4.69, 9.17) is 0 Å². The Hall–Kier alpha value is -1.69. The summed E-state index contributed by atoms with van der Waals surface area (Å²) >= 11 is 1.64. The zero-order valence-corrected chi connectivity index (χ0v) is 14.1. The van der Waals surface area contributed by atoms with E-state index in [-0.39, 0.29) is 5.54 Å². The van der Waals surface area contributed by atoms with E-state index < -0.39 is 0 Å². The average molecular weight is 305 g/mol. The summed E-state index contributed by atoms with van der Waals surface area (Å²) in [6.45, 7) is 11.2. The summed E-state index contributed by atoms with van der Waals surface area (Å²) in [5.74, 6) is 2.53. The van der Waals surface area contributed by atoms with Gasteiger partial charge < -0.3 is 10.6 Å². The number of aromatic nitrogens is 3. The molecule has 0 saturated carbocycles. The molecule has 2 aromatic heterocycles. The van der Waals surface area contributed by atoms with Gasteiger partial charge in [0.05, 0.1) is 5.54 Å². The largest absolute Gasteiger partial charge is 0.370 e. The van der Waals surface area contributed by atoms with Crippen molar-refractivity contribution < 1.29 is 0 Å². The van der Waals surface area contributed by atoms with Crippen LogP contribution in [0.5, 0.6) is 0 Å². The Morgan fingerprint density at radius 1 is 1.19 bits per heavy atom. The minimum atomic E-state index is -0.262. The van der Waals surface area contributed by atoms with Gasteiger partial charge in [-0.1, -0.05) is 6.92 Å². The van der Waals surface area contributed by atoms with Gasteiger partial charge in [-0.05, 0) is 34.1 Å². The normalized spacial score (nSPS) is 11.5. The van der Waals surface area contributed by atoms with E-state index in [2.05, 4.69) is 46.4 Å². The maximum Gasteiger partial charge on any atom is 0.135 e. The summed E-state index contributed by atoms with van der Waals surface area (Å²) in [5, 5.41) is 9.90. The van der Waals surface area contributed by atoms with Gasteiger partial charge in [0.1, 0.15) is 22.5 Å². The minimum absolute atomic E-state index is 0.262. The summed E-state index contributed by atoms with van der Waals surface area (Å²) in [6.07, 6.45) is 2.89. The Kier molecular flexibility index (Phi) is 4.77. The Labute approximate surface area is 130 Å². The van der Waals surface area contributed by atoms with E-state index in [0.717, 1.165) is 41.0 Å². The second-order valence-corrected chi connectivity index (χ2v) is 6.50. The van der Waals surface area contributed by atoms with Crippen molar-refractivity contribution in [1.29, 1.82) is 0 Å². The Morgan fingerprint density at radius 2 is 1.90 bits per heavy atom. The van der Waals surface area contributed by atoms with Gasteiger partial charge in [0.25, 0.3) is 0 Å². The average Bonchev–Trinajstić information content (AvgIpc) is 2.95. The highest BCUT2D eigenvalue weighted by Crippen LogP contribution is 2.29. The number of aryl methyl sites for hydroxylation is 1. The number of anilines is 2. The van der Waals surface area contributed by atoms with Gasteiger partial charge in [0.2, 0.25) is 0 Å². The SMILES string of the molecule is CCCNc1nc(C)nc(NC(C)(C)c2nccs2)c1C. The molecule has 2 heterocycles. The van der Waals surface area contributed by atoms with Crippen molar-refractivity contribution in [3.05, 3.63) is 28.0 Å². The lowest BCUT2D eigenvalue weighted by molar-refractivity contribution is 0.599. The van der Waals surface area contributed by atoms with E-state index in [0.29, 0.717) is 0 Å². The van der Waals surface area contributed by atoms with E-state index in [1.807, 2.05) is 25.4 Å². The number of hydrogen-bond donors (Lipinski definition) is 2.